The summed E-state index contributed by atoms with van der Waals surface area (Å²) in [4.78, 5) is 37.7. The zero-order chi connectivity index (χ0) is 35.3. The van der Waals surface area contributed by atoms with E-state index < -0.39 is 11.6 Å². The predicted octanol–water partition coefficient (Wildman–Crippen LogP) is 6.39. The third kappa shape index (κ3) is 6.07. The van der Waals surface area contributed by atoms with Crippen LogP contribution in [-0.2, 0) is 4.79 Å². The Morgan fingerprint density at radius 2 is 1.88 bits per heavy atom. The first kappa shape index (κ1) is 33.1. The van der Waals surface area contributed by atoms with Gasteiger partial charge in [-0.2, -0.15) is 15.0 Å². The number of carbonyl (C=O) groups excluding carboxylic acids is 1. The molecular weight excluding hydrogens is 654 g/mol. The zero-order valence-corrected chi connectivity index (χ0v) is 29.0. The number of aromatic nitrogens is 5. The van der Waals surface area contributed by atoms with Gasteiger partial charge >= 0.3 is 6.01 Å². The van der Waals surface area contributed by atoms with Gasteiger partial charge in [0.25, 0.3) is 5.89 Å². The first-order chi connectivity index (χ1) is 24.7. The molecule has 13 heteroatoms. The van der Waals surface area contributed by atoms with Crippen molar-refractivity contribution >= 4 is 39.5 Å². The molecule has 0 radical (unpaired) electrons. The van der Waals surface area contributed by atoms with Crippen molar-refractivity contribution in [3.63, 3.8) is 0 Å². The molecule has 3 fully saturated rings. The Hall–Kier alpha value is -5.04. The Morgan fingerprint density at radius 3 is 2.65 bits per heavy atom. The number of hydrogen-bond donors (Lipinski definition) is 0. The fourth-order valence-electron chi connectivity index (χ4n) is 7.92. The highest BCUT2D eigenvalue weighted by atomic mass is 19.1. The Labute approximate surface area is 294 Å². The number of amides is 1. The largest absolute Gasteiger partial charge is 0.461 e. The van der Waals surface area contributed by atoms with Crippen LogP contribution >= 0.6 is 0 Å². The van der Waals surface area contributed by atoms with Gasteiger partial charge in [0, 0.05) is 61.4 Å². The first-order valence-electron chi connectivity index (χ1n) is 17.7. The first-order valence-corrected chi connectivity index (χ1v) is 17.7. The van der Waals surface area contributed by atoms with E-state index in [0.29, 0.717) is 59.5 Å². The molecule has 3 aliphatic rings. The van der Waals surface area contributed by atoms with E-state index in [2.05, 4.69) is 25.0 Å². The molecule has 264 valence electrons. The van der Waals surface area contributed by atoms with Crippen LogP contribution in [0.1, 0.15) is 63.6 Å². The number of halogens is 2. The molecule has 11 nitrogen and oxygen atoms in total. The third-order valence-electron chi connectivity index (χ3n) is 10.7. The Bertz CT molecular complexity index is 2140. The third-order valence-corrected chi connectivity index (χ3v) is 10.7. The highest BCUT2D eigenvalue weighted by Gasteiger charge is 2.45. The minimum absolute atomic E-state index is 0.000931. The van der Waals surface area contributed by atoms with Gasteiger partial charge in [0.2, 0.25) is 5.91 Å². The summed E-state index contributed by atoms with van der Waals surface area (Å²) in [5.41, 5.74) is 0.316. The minimum atomic E-state index is -0.679. The molecule has 8 rings (SSSR count). The van der Waals surface area contributed by atoms with Gasteiger partial charge in [0.15, 0.2) is 11.6 Å². The van der Waals surface area contributed by atoms with Crippen LogP contribution in [0.3, 0.4) is 0 Å². The maximum atomic E-state index is 16.8. The molecule has 0 saturated carbocycles. The van der Waals surface area contributed by atoms with Crippen LogP contribution in [0.25, 0.3) is 39.0 Å². The number of anilines is 1. The van der Waals surface area contributed by atoms with Gasteiger partial charge in [-0.3, -0.25) is 14.7 Å². The topological polar surface area (TPSA) is 114 Å². The van der Waals surface area contributed by atoms with Crippen LogP contribution in [0.4, 0.5) is 14.6 Å². The van der Waals surface area contributed by atoms with E-state index >= 15 is 8.78 Å². The average Bonchev–Trinajstić information content (AvgIpc) is 3.95. The maximum Gasteiger partial charge on any atom is 0.319 e. The maximum absolute atomic E-state index is 16.8. The molecule has 51 heavy (non-hydrogen) atoms. The summed E-state index contributed by atoms with van der Waals surface area (Å²) < 4.78 is 43.5. The summed E-state index contributed by atoms with van der Waals surface area (Å²) in [6.45, 7) is 7.37. The molecule has 5 aromatic rings. The second kappa shape index (κ2) is 13.3. The van der Waals surface area contributed by atoms with Crippen LogP contribution in [0.5, 0.6) is 6.01 Å². The molecule has 1 atom stereocenters. The van der Waals surface area contributed by atoms with E-state index in [4.69, 9.17) is 14.2 Å². The van der Waals surface area contributed by atoms with Crippen LogP contribution in [0.2, 0.25) is 0 Å². The van der Waals surface area contributed by atoms with E-state index in [1.807, 2.05) is 25.8 Å². The molecule has 3 aromatic heterocycles. The molecular formula is C38H40F2N8O3. The molecule has 0 N–H and O–H groups in total. The standard InChI is InChI=1S/C38H40F2N8O3/c1-23(2)35-42-29(51-45-35)12-13-30(49)47-19-14-25(21-47)46(3)36-27-20-41-33(26-10-4-8-24-9-5-11-28(39)31(24)26)32(40)34(27)43-37(44-36)50-22-38-15-6-17-48(38)18-7-16-38/h4-5,8-13,20,23,25H,6-7,14-19,21-22H2,1-3H3/b13-12+/t25-/m1/s1. The molecule has 3 aliphatic heterocycles. The number of pyridine rings is 1. The summed E-state index contributed by atoms with van der Waals surface area (Å²) in [5.74, 6) is 0.105. The number of likely N-dealkylation sites (N-methyl/N-ethyl adjacent to an activating group) is 1. The number of fused-ring (bicyclic) bond motifs is 3. The van der Waals surface area contributed by atoms with Crippen molar-refractivity contribution in [2.45, 2.75) is 63.5 Å². The molecule has 0 aliphatic carbocycles. The number of nitrogens with zero attached hydrogens (tertiary/aromatic N) is 8. The van der Waals surface area contributed by atoms with Gasteiger partial charge < -0.3 is 19.1 Å². The quantitative estimate of drug-likeness (QED) is 0.161. The number of ether oxygens (including phenoxy) is 1. The lowest BCUT2D eigenvalue weighted by molar-refractivity contribution is -0.124. The summed E-state index contributed by atoms with van der Waals surface area (Å²) in [6.07, 6.45) is 9.48. The van der Waals surface area contributed by atoms with Gasteiger partial charge in [-0.1, -0.05) is 49.3 Å². The van der Waals surface area contributed by atoms with Gasteiger partial charge in [0.1, 0.15) is 29.5 Å². The Morgan fingerprint density at radius 1 is 1.10 bits per heavy atom. The molecule has 2 aromatic carbocycles. The lowest BCUT2D eigenvalue weighted by Gasteiger charge is -2.31. The fourth-order valence-corrected chi connectivity index (χ4v) is 7.92. The van der Waals surface area contributed by atoms with Crippen molar-refractivity contribution in [1.29, 1.82) is 0 Å². The second-order valence-electron chi connectivity index (χ2n) is 14.2. The van der Waals surface area contributed by atoms with Gasteiger partial charge in [-0.05, 0) is 56.6 Å². The fraction of sp³-hybridized carbons (Fsp3) is 0.421. The van der Waals surface area contributed by atoms with E-state index in [9.17, 15) is 4.79 Å². The van der Waals surface area contributed by atoms with E-state index in [1.54, 1.807) is 41.4 Å². The van der Waals surface area contributed by atoms with Gasteiger partial charge in [-0.25, -0.2) is 8.78 Å². The van der Waals surface area contributed by atoms with Crippen molar-refractivity contribution in [3.05, 3.63) is 72.0 Å². The number of benzene rings is 2. The highest BCUT2D eigenvalue weighted by molar-refractivity contribution is 5.99. The number of carbonyl (C=O) groups is 1. The van der Waals surface area contributed by atoms with Crippen LogP contribution in [-0.4, -0.2) is 92.2 Å². The minimum Gasteiger partial charge on any atom is -0.461 e. The Kier molecular flexibility index (Phi) is 8.61. The second-order valence-corrected chi connectivity index (χ2v) is 14.2. The van der Waals surface area contributed by atoms with E-state index in [0.717, 1.165) is 38.8 Å². The summed E-state index contributed by atoms with van der Waals surface area (Å²) >= 11 is 0. The van der Waals surface area contributed by atoms with Gasteiger partial charge in [0.05, 0.1) is 10.9 Å². The number of rotatable bonds is 9. The summed E-state index contributed by atoms with van der Waals surface area (Å²) in [6, 6.07) is 9.94. The van der Waals surface area contributed by atoms with Gasteiger partial charge in [-0.15, -0.1) is 0 Å². The molecule has 0 spiro atoms. The molecule has 0 bridgehead atoms. The van der Waals surface area contributed by atoms with E-state index in [-0.39, 0.29) is 46.5 Å². The predicted molar refractivity (Wildman–Crippen MR) is 189 cm³/mol. The lowest BCUT2D eigenvalue weighted by atomic mass is 9.95. The molecule has 6 heterocycles. The van der Waals surface area contributed by atoms with Crippen molar-refractivity contribution in [3.8, 4) is 17.3 Å². The van der Waals surface area contributed by atoms with Crippen LogP contribution in [0, 0.1) is 11.6 Å². The van der Waals surface area contributed by atoms with Crippen LogP contribution < -0.4 is 9.64 Å². The lowest BCUT2D eigenvalue weighted by Crippen LogP contribution is -2.43. The highest BCUT2D eigenvalue weighted by Crippen LogP contribution is 2.40. The summed E-state index contributed by atoms with van der Waals surface area (Å²) in [5, 5.41) is 5.28. The van der Waals surface area contributed by atoms with E-state index in [1.165, 1.54) is 18.2 Å². The SMILES string of the molecule is CC(C)c1noc(/C=C/C(=O)N2CC[C@@H](N(C)c3nc(OCC45CCCN4CCC5)nc4c(F)c(-c5cccc6cccc(F)c56)ncc34)C2)n1. The van der Waals surface area contributed by atoms with Crippen molar-refractivity contribution in [2.24, 2.45) is 0 Å². The smallest absolute Gasteiger partial charge is 0.319 e. The number of hydrogen-bond acceptors (Lipinski definition) is 10. The van der Waals surface area contributed by atoms with Crippen molar-refractivity contribution < 1.29 is 22.8 Å². The molecule has 3 saturated heterocycles. The van der Waals surface area contributed by atoms with Crippen LogP contribution in [0.15, 0.2) is 53.2 Å². The van der Waals surface area contributed by atoms with Crippen molar-refractivity contribution in [2.75, 3.05) is 44.7 Å². The average molecular weight is 695 g/mol. The normalized spacial score (nSPS) is 18.9. The monoisotopic (exact) mass is 694 g/mol. The Balaban J connectivity index is 1.12. The molecule has 0 unspecified atom stereocenters. The number of likely N-dealkylation sites (tertiary alicyclic amines) is 1. The molecule has 1 amide bonds. The summed E-state index contributed by atoms with van der Waals surface area (Å²) in [7, 11) is 1.88. The van der Waals surface area contributed by atoms with Crippen molar-refractivity contribution in [1.82, 2.24) is 34.9 Å². The zero-order valence-electron chi connectivity index (χ0n) is 29.0.